The highest BCUT2D eigenvalue weighted by molar-refractivity contribution is 5.82. The lowest BCUT2D eigenvalue weighted by atomic mass is 10.0. The number of nitrogens with zero attached hydrogens (tertiary/aromatic N) is 2. The molecule has 0 fully saturated rings. The van der Waals surface area contributed by atoms with Gasteiger partial charge in [-0.05, 0) is 16.7 Å². The molecular weight excluding hydrogens is 396 g/mol. The fourth-order valence-corrected chi connectivity index (χ4v) is 4.19. The quantitative estimate of drug-likeness (QED) is 0.465. The molecule has 0 amide bonds. The molecule has 2 heterocycles. The highest BCUT2D eigenvalue weighted by Gasteiger charge is 2.41. The van der Waals surface area contributed by atoms with Crippen LogP contribution in [0, 0.1) is 0 Å². The van der Waals surface area contributed by atoms with E-state index in [1.165, 1.54) is 0 Å². The van der Waals surface area contributed by atoms with E-state index in [1.54, 1.807) is 4.57 Å². The summed E-state index contributed by atoms with van der Waals surface area (Å²) in [5.74, 6) is 0.811. The third-order valence-electron chi connectivity index (χ3n) is 5.82. The topological polar surface area (TPSA) is 71.9 Å². The van der Waals surface area contributed by atoms with E-state index in [4.69, 9.17) is 10.7 Å². The minimum Gasteiger partial charge on any atom is -0.326 e. The summed E-state index contributed by atoms with van der Waals surface area (Å²) in [4.78, 5) is 18.4. The molecule has 0 aliphatic carbocycles. The number of hydrogen-bond acceptors (Lipinski definition) is 4. The van der Waals surface area contributed by atoms with Crippen molar-refractivity contribution in [1.82, 2.24) is 4.98 Å². The molecule has 32 heavy (non-hydrogen) atoms. The lowest BCUT2D eigenvalue weighted by molar-refractivity contribution is -0.552. The van der Waals surface area contributed by atoms with Gasteiger partial charge in [0.1, 0.15) is 17.6 Å². The molecule has 158 valence electrons. The van der Waals surface area contributed by atoms with Gasteiger partial charge in [0.25, 0.3) is 0 Å². The molecule has 0 radical (unpaired) electrons. The van der Waals surface area contributed by atoms with Gasteiger partial charge in [0.15, 0.2) is 6.04 Å². The highest BCUT2D eigenvalue weighted by atomic mass is 16.2. The Morgan fingerprint density at radius 3 is 2.31 bits per heavy atom. The number of anilines is 1. The Kier molecular flexibility index (Phi) is 5.48. The zero-order valence-electron chi connectivity index (χ0n) is 17.7. The summed E-state index contributed by atoms with van der Waals surface area (Å²) < 4.78 is 1.74. The van der Waals surface area contributed by atoms with Crippen molar-refractivity contribution in [2.24, 2.45) is 5.73 Å². The third-order valence-corrected chi connectivity index (χ3v) is 5.82. The molecule has 5 nitrogen and oxygen atoms in total. The van der Waals surface area contributed by atoms with E-state index in [2.05, 4.69) is 23.5 Å². The average molecular weight is 422 g/mol. The second kappa shape index (κ2) is 8.73. The molecule has 0 bridgehead atoms. The standard InChI is InChI=1S/C27H24N4O/c28-17-21-11-7-10-20(14-21)16-24-27(32)31-18-25(22-12-5-2-6-13-22)29-23(26(31)30-24)15-19-8-3-1-4-9-19/h1-14,18,24H,15-17,28H2/p+1. The van der Waals surface area contributed by atoms with Crippen LogP contribution in [0.3, 0.4) is 0 Å². The summed E-state index contributed by atoms with van der Waals surface area (Å²) in [5, 5.41) is 3.46. The minimum atomic E-state index is -0.342. The molecule has 1 aliphatic rings. The number of hydrogen-bond donors (Lipinski definition) is 2. The van der Waals surface area contributed by atoms with Crippen molar-refractivity contribution < 1.29 is 9.36 Å². The SMILES string of the molecule is NCc1cccc(CC2Nc3c(Cc4ccccc4)nc(-c4ccccc4)c[n+]3C2=O)c1. The predicted molar refractivity (Wildman–Crippen MR) is 125 cm³/mol. The Balaban J connectivity index is 1.52. The van der Waals surface area contributed by atoms with Crippen LogP contribution in [-0.4, -0.2) is 16.9 Å². The highest BCUT2D eigenvalue weighted by Crippen LogP contribution is 2.25. The number of carbonyl (C=O) groups is 1. The van der Waals surface area contributed by atoms with E-state index < -0.39 is 0 Å². The molecule has 0 saturated heterocycles. The predicted octanol–water partition coefficient (Wildman–Crippen LogP) is 3.76. The van der Waals surface area contributed by atoms with Crippen LogP contribution in [0.25, 0.3) is 11.3 Å². The van der Waals surface area contributed by atoms with Crippen LogP contribution in [0.2, 0.25) is 0 Å². The van der Waals surface area contributed by atoms with Crippen LogP contribution in [-0.2, 0) is 19.4 Å². The van der Waals surface area contributed by atoms with Gasteiger partial charge in [-0.1, -0.05) is 84.9 Å². The molecule has 0 spiro atoms. The monoisotopic (exact) mass is 421 g/mol. The van der Waals surface area contributed by atoms with Gasteiger partial charge in [-0.15, -0.1) is 0 Å². The summed E-state index contributed by atoms with van der Waals surface area (Å²) in [6.45, 7) is 0.487. The first-order chi connectivity index (χ1) is 15.7. The number of carbonyl (C=O) groups excluding carboxylic acids is 1. The zero-order valence-corrected chi connectivity index (χ0v) is 17.7. The van der Waals surface area contributed by atoms with Crippen molar-refractivity contribution in [2.75, 3.05) is 5.32 Å². The number of nitrogens with two attached hydrogens (primary N) is 1. The molecule has 3 N–H and O–H groups in total. The smallest absolute Gasteiger partial charge is 0.326 e. The van der Waals surface area contributed by atoms with E-state index in [0.29, 0.717) is 19.4 Å². The van der Waals surface area contributed by atoms with E-state index in [9.17, 15) is 4.79 Å². The van der Waals surface area contributed by atoms with Crippen molar-refractivity contribution in [3.63, 3.8) is 0 Å². The Morgan fingerprint density at radius 1 is 0.875 bits per heavy atom. The molecular formula is C27H25N4O+. The van der Waals surface area contributed by atoms with Gasteiger partial charge >= 0.3 is 11.7 Å². The first kappa shape index (κ1) is 20.1. The van der Waals surface area contributed by atoms with Gasteiger partial charge in [0.05, 0.1) is 0 Å². The summed E-state index contributed by atoms with van der Waals surface area (Å²) in [6, 6.07) is 28.0. The first-order valence-electron chi connectivity index (χ1n) is 10.8. The molecule has 1 atom stereocenters. The average Bonchev–Trinajstić information content (AvgIpc) is 3.16. The molecule has 1 aliphatic heterocycles. The maximum absolute atomic E-state index is 13.4. The van der Waals surface area contributed by atoms with Crippen molar-refractivity contribution >= 4 is 11.7 Å². The van der Waals surface area contributed by atoms with Crippen molar-refractivity contribution in [1.29, 1.82) is 0 Å². The lowest BCUT2D eigenvalue weighted by Crippen LogP contribution is -2.44. The van der Waals surface area contributed by atoms with E-state index in [1.807, 2.05) is 72.9 Å². The van der Waals surface area contributed by atoms with Crippen LogP contribution in [0.15, 0.2) is 91.1 Å². The van der Waals surface area contributed by atoms with Crippen molar-refractivity contribution in [2.45, 2.75) is 25.4 Å². The maximum atomic E-state index is 13.4. The Labute approximate surface area is 187 Å². The molecule has 0 saturated carbocycles. The van der Waals surface area contributed by atoms with E-state index >= 15 is 0 Å². The summed E-state index contributed by atoms with van der Waals surface area (Å²) in [6.07, 6.45) is 3.09. The molecule has 5 rings (SSSR count). The second-order valence-corrected chi connectivity index (χ2v) is 8.08. The van der Waals surface area contributed by atoms with Crippen LogP contribution in [0.4, 0.5) is 5.82 Å². The van der Waals surface area contributed by atoms with Gasteiger partial charge in [-0.3, -0.25) is 5.32 Å². The molecule has 1 aromatic heterocycles. The Hall–Kier alpha value is -3.83. The van der Waals surface area contributed by atoms with Crippen LogP contribution >= 0.6 is 0 Å². The maximum Gasteiger partial charge on any atom is 0.359 e. The van der Waals surface area contributed by atoms with E-state index in [-0.39, 0.29) is 11.9 Å². The second-order valence-electron chi connectivity index (χ2n) is 8.08. The number of benzene rings is 3. The summed E-state index contributed by atoms with van der Waals surface area (Å²) in [5.41, 5.74) is 11.8. The fraction of sp³-hybridized carbons (Fsp3) is 0.148. The van der Waals surface area contributed by atoms with Gasteiger partial charge in [-0.25, -0.2) is 9.78 Å². The lowest BCUT2D eigenvalue weighted by Gasteiger charge is -2.07. The normalized spacial score (nSPS) is 14.8. The third kappa shape index (κ3) is 4.03. The molecule has 4 aromatic rings. The molecule has 3 aromatic carbocycles. The number of aromatic nitrogens is 2. The fourth-order valence-electron chi connectivity index (χ4n) is 4.19. The Morgan fingerprint density at radius 2 is 1.56 bits per heavy atom. The number of nitrogens with one attached hydrogen (secondary N) is 1. The van der Waals surface area contributed by atoms with Crippen LogP contribution in [0.1, 0.15) is 27.2 Å². The minimum absolute atomic E-state index is 0.0343. The van der Waals surface area contributed by atoms with Gasteiger partial charge in [-0.2, -0.15) is 4.57 Å². The first-order valence-corrected chi connectivity index (χ1v) is 10.8. The van der Waals surface area contributed by atoms with Gasteiger partial charge < -0.3 is 5.73 Å². The van der Waals surface area contributed by atoms with Crippen molar-refractivity contribution in [3.8, 4) is 11.3 Å². The zero-order chi connectivity index (χ0) is 21.9. The van der Waals surface area contributed by atoms with Crippen LogP contribution in [0.5, 0.6) is 0 Å². The summed E-state index contributed by atoms with van der Waals surface area (Å²) >= 11 is 0. The van der Waals surface area contributed by atoms with Gasteiger partial charge in [0.2, 0.25) is 0 Å². The van der Waals surface area contributed by atoms with Gasteiger partial charge in [0, 0.05) is 24.9 Å². The number of fused-ring (bicyclic) bond motifs is 1. The molecule has 1 unspecified atom stereocenters. The largest absolute Gasteiger partial charge is 0.359 e. The number of rotatable bonds is 6. The molecule has 5 heteroatoms. The van der Waals surface area contributed by atoms with Crippen LogP contribution < -0.4 is 15.6 Å². The van der Waals surface area contributed by atoms with Crippen molar-refractivity contribution in [3.05, 3.63) is 114 Å². The summed E-state index contributed by atoms with van der Waals surface area (Å²) in [7, 11) is 0. The van der Waals surface area contributed by atoms with E-state index in [0.717, 1.165) is 39.5 Å². The Bertz CT molecular complexity index is 1260.